The molecule has 0 amide bonds. The zero-order valence-corrected chi connectivity index (χ0v) is 10.6. The van der Waals surface area contributed by atoms with Crippen LogP contribution in [0.2, 0.25) is 0 Å². The van der Waals surface area contributed by atoms with Crippen LogP contribution in [0, 0.1) is 0 Å². The van der Waals surface area contributed by atoms with Gasteiger partial charge < -0.3 is 9.72 Å². The lowest BCUT2D eigenvalue weighted by atomic mass is 10.2. The minimum atomic E-state index is 0.835. The van der Waals surface area contributed by atoms with Crippen LogP contribution in [0.5, 0.6) is 5.75 Å². The number of methoxy groups -OCH3 is 1. The first kappa shape index (κ1) is 11.0. The summed E-state index contributed by atoms with van der Waals surface area (Å²) in [6.07, 6.45) is 5.37. The van der Waals surface area contributed by atoms with Gasteiger partial charge in [0.05, 0.1) is 12.0 Å². The molecule has 5 heteroatoms. The van der Waals surface area contributed by atoms with Crippen LogP contribution in [0.25, 0.3) is 21.3 Å². The second kappa shape index (κ2) is 4.62. The average molecular weight is 257 g/mol. The van der Waals surface area contributed by atoms with Gasteiger partial charge in [-0.3, -0.25) is 0 Å². The van der Waals surface area contributed by atoms with Gasteiger partial charge in [-0.1, -0.05) is 12.1 Å². The van der Waals surface area contributed by atoms with Crippen molar-refractivity contribution in [2.75, 3.05) is 7.11 Å². The van der Waals surface area contributed by atoms with Crippen LogP contribution in [-0.2, 0) is 0 Å². The lowest BCUT2D eigenvalue weighted by molar-refractivity contribution is 0.415. The summed E-state index contributed by atoms with van der Waals surface area (Å²) in [6.45, 7) is 0. The standard InChI is InChI=1S/C13H11N3OS/c1-17-10-4-2-3-9(7-10)13-16-8-11(18-13)12-14-5-6-15-12/h2-8H,1H3,(H,14,15). The number of aromatic amines is 1. The molecule has 0 radical (unpaired) electrons. The van der Waals surface area contributed by atoms with E-state index in [1.807, 2.05) is 30.5 Å². The second-order valence-electron chi connectivity index (χ2n) is 3.70. The Hall–Kier alpha value is -2.14. The molecule has 0 atom stereocenters. The second-order valence-corrected chi connectivity index (χ2v) is 4.73. The Labute approximate surface area is 108 Å². The molecule has 0 saturated carbocycles. The number of nitrogens with one attached hydrogen (secondary N) is 1. The van der Waals surface area contributed by atoms with E-state index in [2.05, 4.69) is 15.0 Å². The van der Waals surface area contributed by atoms with E-state index in [4.69, 9.17) is 4.74 Å². The van der Waals surface area contributed by atoms with E-state index in [-0.39, 0.29) is 0 Å². The molecule has 0 aliphatic rings. The van der Waals surface area contributed by atoms with Crippen LogP contribution in [0.15, 0.2) is 42.9 Å². The summed E-state index contributed by atoms with van der Waals surface area (Å²) in [5.41, 5.74) is 1.05. The smallest absolute Gasteiger partial charge is 0.149 e. The van der Waals surface area contributed by atoms with Gasteiger partial charge in [-0.25, -0.2) is 9.97 Å². The number of rotatable bonds is 3. The van der Waals surface area contributed by atoms with Crippen molar-refractivity contribution in [3.8, 4) is 27.0 Å². The van der Waals surface area contributed by atoms with Crippen molar-refractivity contribution in [2.45, 2.75) is 0 Å². The molecular formula is C13H11N3OS. The first-order chi connectivity index (χ1) is 8.86. The average Bonchev–Trinajstić information content (AvgIpc) is 3.09. The Morgan fingerprint density at radius 1 is 1.28 bits per heavy atom. The molecule has 0 aliphatic carbocycles. The van der Waals surface area contributed by atoms with Crippen LogP contribution in [0.4, 0.5) is 0 Å². The maximum absolute atomic E-state index is 5.21. The summed E-state index contributed by atoms with van der Waals surface area (Å²) in [7, 11) is 1.66. The number of imidazole rings is 1. The molecule has 1 N–H and O–H groups in total. The molecule has 90 valence electrons. The molecule has 18 heavy (non-hydrogen) atoms. The van der Waals surface area contributed by atoms with Crippen LogP contribution >= 0.6 is 11.3 Å². The number of thiazole rings is 1. The number of benzene rings is 1. The number of hydrogen-bond acceptors (Lipinski definition) is 4. The highest BCUT2D eigenvalue weighted by molar-refractivity contribution is 7.18. The first-order valence-corrected chi connectivity index (χ1v) is 6.28. The van der Waals surface area contributed by atoms with Crippen LogP contribution in [0.3, 0.4) is 0 Å². The summed E-state index contributed by atoms with van der Waals surface area (Å²) in [5.74, 6) is 1.68. The Morgan fingerprint density at radius 3 is 3.00 bits per heavy atom. The van der Waals surface area contributed by atoms with E-state index >= 15 is 0 Å². The van der Waals surface area contributed by atoms with Crippen LogP contribution in [0.1, 0.15) is 0 Å². The Bertz CT molecular complexity index is 646. The summed E-state index contributed by atoms with van der Waals surface area (Å²) < 4.78 is 5.21. The van der Waals surface area contributed by atoms with E-state index in [0.717, 1.165) is 27.0 Å². The number of nitrogens with zero attached hydrogens (tertiary/aromatic N) is 2. The molecule has 3 aromatic rings. The number of hydrogen-bond donors (Lipinski definition) is 1. The predicted molar refractivity (Wildman–Crippen MR) is 71.7 cm³/mol. The lowest BCUT2D eigenvalue weighted by Gasteiger charge is -2.00. The highest BCUT2D eigenvalue weighted by Crippen LogP contribution is 2.31. The van der Waals surface area contributed by atoms with Gasteiger partial charge >= 0.3 is 0 Å². The van der Waals surface area contributed by atoms with Gasteiger partial charge in [0.1, 0.15) is 16.6 Å². The Morgan fingerprint density at radius 2 is 2.22 bits per heavy atom. The largest absolute Gasteiger partial charge is 0.497 e. The molecule has 0 saturated heterocycles. The van der Waals surface area contributed by atoms with Gasteiger partial charge in [0.25, 0.3) is 0 Å². The van der Waals surface area contributed by atoms with Gasteiger partial charge in [0, 0.05) is 24.2 Å². The molecule has 2 aromatic heterocycles. The molecule has 0 unspecified atom stereocenters. The van der Waals surface area contributed by atoms with Crippen molar-refractivity contribution in [1.29, 1.82) is 0 Å². The minimum Gasteiger partial charge on any atom is -0.497 e. The quantitative estimate of drug-likeness (QED) is 0.783. The summed E-state index contributed by atoms with van der Waals surface area (Å²) >= 11 is 1.60. The van der Waals surface area contributed by atoms with Crippen molar-refractivity contribution < 1.29 is 4.74 Å². The van der Waals surface area contributed by atoms with Crippen LogP contribution < -0.4 is 4.74 Å². The zero-order chi connectivity index (χ0) is 12.4. The van der Waals surface area contributed by atoms with Gasteiger partial charge in [-0.15, -0.1) is 11.3 Å². The molecule has 0 spiro atoms. The molecule has 0 aliphatic heterocycles. The third-order valence-electron chi connectivity index (χ3n) is 2.55. The Kier molecular flexibility index (Phi) is 2.82. The van der Waals surface area contributed by atoms with Crippen molar-refractivity contribution >= 4 is 11.3 Å². The summed E-state index contributed by atoms with van der Waals surface area (Å²) in [4.78, 5) is 12.7. The van der Waals surface area contributed by atoms with E-state index in [9.17, 15) is 0 Å². The third-order valence-corrected chi connectivity index (χ3v) is 3.61. The topological polar surface area (TPSA) is 50.8 Å². The molecule has 3 rings (SSSR count). The highest BCUT2D eigenvalue weighted by atomic mass is 32.1. The lowest BCUT2D eigenvalue weighted by Crippen LogP contribution is -1.82. The van der Waals surface area contributed by atoms with E-state index < -0.39 is 0 Å². The summed E-state index contributed by atoms with van der Waals surface area (Å²) in [5, 5.41) is 0.959. The first-order valence-electron chi connectivity index (χ1n) is 5.47. The van der Waals surface area contributed by atoms with E-state index in [0.29, 0.717) is 0 Å². The zero-order valence-electron chi connectivity index (χ0n) is 9.75. The fourth-order valence-corrected chi connectivity index (χ4v) is 2.55. The van der Waals surface area contributed by atoms with Gasteiger partial charge in [0.15, 0.2) is 0 Å². The van der Waals surface area contributed by atoms with Crippen LogP contribution in [-0.4, -0.2) is 22.1 Å². The number of H-pyrrole nitrogens is 1. The molecule has 0 fully saturated rings. The SMILES string of the molecule is COc1cccc(-c2ncc(-c3ncc[nH]3)s2)c1. The molecule has 1 aromatic carbocycles. The maximum atomic E-state index is 5.21. The molecule has 0 bridgehead atoms. The van der Waals surface area contributed by atoms with Crippen molar-refractivity contribution in [1.82, 2.24) is 15.0 Å². The van der Waals surface area contributed by atoms with Crippen molar-refractivity contribution in [3.05, 3.63) is 42.9 Å². The normalized spacial score (nSPS) is 10.5. The van der Waals surface area contributed by atoms with Crippen molar-refractivity contribution in [2.24, 2.45) is 0 Å². The monoisotopic (exact) mass is 257 g/mol. The maximum Gasteiger partial charge on any atom is 0.149 e. The van der Waals surface area contributed by atoms with Gasteiger partial charge in [0.2, 0.25) is 0 Å². The fraction of sp³-hybridized carbons (Fsp3) is 0.0769. The minimum absolute atomic E-state index is 0.835. The van der Waals surface area contributed by atoms with E-state index in [1.165, 1.54) is 0 Å². The van der Waals surface area contributed by atoms with E-state index in [1.54, 1.807) is 30.8 Å². The third kappa shape index (κ3) is 2.00. The fourth-order valence-electron chi connectivity index (χ4n) is 1.67. The van der Waals surface area contributed by atoms with Gasteiger partial charge in [-0.2, -0.15) is 0 Å². The molecule has 2 heterocycles. The predicted octanol–water partition coefficient (Wildman–Crippen LogP) is 3.21. The Balaban J connectivity index is 1.97. The van der Waals surface area contributed by atoms with Crippen molar-refractivity contribution in [3.63, 3.8) is 0 Å². The van der Waals surface area contributed by atoms with Gasteiger partial charge in [-0.05, 0) is 12.1 Å². The highest BCUT2D eigenvalue weighted by Gasteiger charge is 2.08. The number of aromatic nitrogens is 3. The molecular weight excluding hydrogens is 246 g/mol. The molecule has 4 nitrogen and oxygen atoms in total. The summed E-state index contributed by atoms with van der Waals surface area (Å²) in [6, 6.07) is 7.88. The number of ether oxygens (including phenoxy) is 1.